The molecular formula is C19H19F2NO3S. The van der Waals surface area contributed by atoms with Crippen molar-refractivity contribution in [3.8, 4) is 0 Å². The number of carbonyl (C=O) groups excluding carboxylic acids is 2. The number of hydrogen-bond donors (Lipinski definition) is 1. The van der Waals surface area contributed by atoms with E-state index in [1.807, 2.05) is 32.0 Å². The van der Waals surface area contributed by atoms with Crippen LogP contribution in [0.3, 0.4) is 0 Å². The molecular weight excluding hydrogens is 360 g/mol. The maximum atomic E-state index is 13.4. The molecule has 0 atom stereocenters. The number of thioether (sulfide) groups is 1. The molecule has 7 heteroatoms. The Bertz CT molecular complexity index is 791. The van der Waals surface area contributed by atoms with Crippen molar-refractivity contribution in [1.29, 1.82) is 0 Å². The lowest BCUT2D eigenvalue weighted by atomic mass is 10.1. The Hall–Kier alpha value is -2.41. The lowest BCUT2D eigenvalue weighted by Gasteiger charge is -2.08. The van der Waals surface area contributed by atoms with Crippen LogP contribution in [0.1, 0.15) is 17.5 Å². The highest BCUT2D eigenvalue weighted by molar-refractivity contribution is 7.99. The van der Waals surface area contributed by atoms with Crippen molar-refractivity contribution < 1.29 is 23.1 Å². The van der Waals surface area contributed by atoms with Gasteiger partial charge in [0, 0.05) is 10.6 Å². The van der Waals surface area contributed by atoms with Crippen molar-refractivity contribution in [3.05, 3.63) is 59.2 Å². The van der Waals surface area contributed by atoms with E-state index in [2.05, 4.69) is 5.32 Å². The molecule has 0 spiro atoms. The van der Waals surface area contributed by atoms with Crippen LogP contribution in [0.2, 0.25) is 0 Å². The smallest absolute Gasteiger partial charge is 0.307 e. The maximum absolute atomic E-state index is 13.4. The van der Waals surface area contributed by atoms with Crippen LogP contribution in [-0.2, 0) is 14.3 Å². The summed E-state index contributed by atoms with van der Waals surface area (Å²) >= 11 is 1.51. The van der Waals surface area contributed by atoms with Gasteiger partial charge in [-0.15, -0.1) is 11.8 Å². The Morgan fingerprint density at radius 3 is 2.42 bits per heavy atom. The van der Waals surface area contributed by atoms with Gasteiger partial charge in [0.15, 0.2) is 6.61 Å². The summed E-state index contributed by atoms with van der Waals surface area (Å²) in [4.78, 5) is 24.4. The number of nitrogens with one attached hydrogen (secondary N) is 1. The van der Waals surface area contributed by atoms with Crippen LogP contribution < -0.4 is 5.32 Å². The normalized spacial score (nSPS) is 10.5. The Balaban J connectivity index is 1.72. The molecule has 0 radical (unpaired) electrons. The standard InChI is InChI=1S/C19H19F2NO3S/c1-12-6-7-14(10-13(12)2)26-9-8-18(24)25-11-17(23)22-19-15(20)4-3-5-16(19)21/h3-7,10H,8-9,11H2,1-2H3,(H,22,23). The molecule has 1 amide bonds. The predicted octanol–water partition coefficient (Wildman–Crippen LogP) is 4.25. The summed E-state index contributed by atoms with van der Waals surface area (Å²) < 4.78 is 31.7. The summed E-state index contributed by atoms with van der Waals surface area (Å²) in [6.07, 6.45) is 0.124. The number of ether oxygens (including phenoxy) is 1. The minimum Gasteiger partial charge on any atom is -0.456 e. The van der Waals surface area contributed by atoms with Gasteiger partial charge in [0.2, 0.25) is 0 Å². The number of benzene rings is 2. The number of aryl methyl sites for hydroxylation is 2. The van der Waals surface area contributed by atoms with E-state index in [4.69, 9.17) is 4.74 Å². The quantitative estimate of drug-likeness (QED) is 0.577. The molecule has 0 saturated carbocycles. The van der Waals surface area contributed by atoms with E-state index < -0.39 is 35.8 Å². The molecule has 0 fully saturated rings. The van der Waals surface area contributed by atoms with Crippen LogP contribution in [0.4, 0.5) is 14.5 Å². The third-order valence-electron chi connectivity index (χ3n) is 3.64. The van der Waals surface area contributed by atoms with Crippen molar-refractivity contribution in [1.82, 2.24) is 0 Å². The van der Waals surface area contributed by atoms with Gasteiger partial charge >= 0.3 is 5.97 Å². The van der Waals surface area contributed by atoms with E-state index in [0.29, 0.717) is 5.75 Å². The van der Waals surface area contributed by atoms with E-state index in [1.54, 1.807) is 0 Å². The monoisotopic (exact) mass is 379 g/mol. The first-order valence-corrected chi connectivity index (χ1v) is 8.95. The van der Waals surface area contributed by atoms with Gasteiger partial charge in [-0.1, -0.05) is 12.1 Å². The van der Waals surface area contributed by atoms with Crippen LogP contribution >= 0.6 is 11.8 Å². The SMILES string of the molecule is Cc1ccc(SCCC(=O)OCC(=O)Nc2c(F)cccc2F)cc1C. The Labute approximate surface area is 154 Å². The molecule has 0 aliphatic rings. The summed E-state index contributed by atoms with van der Waals surface area (Å²) in [7, 11) is 0. The number of carbonyl (C=O) groups is 2. The first-order valence-electron chi connectivity index (χ1n) is 7.96. The van der Waals surface area contributed by atoms with Crippen molar-refractivity contribution in [2.45, 2.75) is 25.2 Å². The lowest BCUT2D eigenvalue weighted by molar-refractivity contribution is -0.146. The van der Waals surface area contributed by atoms with Gasteiger partial charge in [0.1, 0.15) is 17.3 Å². The van der Waals surface area contributed by atoms with E-state index in [-0.39, 0.29) is 6.42 Å². The Morgan fingerprint density at radius 1 is 1.08 bits per heavy atom. The van der Waals surface area contributed by atoms with Gasteiger partial charge in [0.05, 0.1) is 6.42 Å². The highest BCUT2D eigenvalue weighted by atomic mass is 32.2. The van der Waals surface area contributed by atoms with Gasteiger partial charge in [-0.3, -0.25) is 9.59 Å². The molecule has 0 saturated heterocycles. The fraction of sp³-hybridized carbons (Fsp3) is 0.263. The van der Waals surface area contributed by atoms with E-state index in [9.17, 15) is 18.4 Å². The number of halogens is 2. The van der Waals surface area contributed by atoms with Gasteiger partial charge in [-0.25, -0.2) is 8.78 Å². The minimum absolute atomic E-state index is 0.124. The molecule has 4 nitrogen and oxygen atoms in total. The molecule has 26 heavy (non-hydrogen) atoms. The number of rotatable bonds is 7. The fourth-order valence-corrected chi connectivity index (χ4v) is 3.00. The number of esters is 1. The topological polar surface area (TPSA) is 55.4 Å². The van der Waals surface area contributed by atoms with Gasteiger partial charge in [-0.05, 0) is 49.2 Å². The molecule has 0 heterocycles. The van der Waals surface area contributed by atoms with Crippen LogP contribution in [-0.4, -0.2) is 24.2 Å². The maximum Gasteiger partial charge on any atom is 0.307 e. The highest BCUT2D eigenvalue weighted by Gasteiger charge is 2.13. The summed E-state index contributed by atoms with van der Waals surface area (Å²) in [5.74, 6) is -2.64. The predicted molar refractivity (Wildman–Crippen MR) is 97.2 cm³/mol. The molecule has 0 aliphatic heterocycles. The van der Waals surface area contributed by atoms with Crippen molar-refractivity contribution in [3.63, 3.8) is 0 Å². The highest BCUT2D eigenvalue weighted by Crippen LogP contribution is 2.22. The zero-order valence-electron chi connectivity index (χ0n) is 14.5. The first kappa shape index (κ1) is 19.9. The number of amides is 1. The van der Waals surface area contributed by atoms with Crippen LogP contribution in [0.15, 0.2) is 41.3 Å². The second-order valence-electron chi connectivity index (χ2n) is 5.65. The van der Waals surface area contributed by atoms with Gasteiger partial charge in [-0.2, -0.15) is 0 Å². The number of hydrogen-bond acceptors (Lipinski definition) is 4. The zero-order valence-corrected chi connectivity index (χ0v) is 15.3. The molecule has 0 aromatic heterocycles. The van der Waals surface area contributed by atoms with Gasteiger partial charge < -0.3 is 10.1 Å². The largest absolute Gasteiger partial charge is 0.456 e. The van der Waals surface area contributed by atoms with Crippen molar-refractivity contribution in [2.75, 3.05) is 17.7 Å². The Morgan fingerprint density at radius 2 is 1.77 bits per heavy atom. The van der Waals surface area contributed by atoms with E-state index in [0.717, 1.165) is 17.0 Å². The third kappa shape index (κ3) is 5.84. The Kier molecular flexibility index (Phi) is 7.15. The number of anilines is 1. The molecule has 1 N–H and O–H groups in total. The summed E-state index contributed by atoms with van der Waals surface area (Å²) in [5, 5.41) is 2.06. The lowest BCUT2D eigenvalue weighted by Crippen LogP contribution is -2.22. The van der Waals surface area contributed by atoms with Crippen LogP contribution in [0.25, 0.3) is 0 Å². The molecule has 138 valence electrons. The van der Waals surface area contributed by atoms with Crippen LogP contribution in [0, 0.1) is 25.5 Å². The summed E-state index contributed by atoms with van der Waals surface area (Å²) in [6.45, 7) is 3.45. The summed E-state index contributed by atoms with van der Waals surface area (Å²) in [6, 6.07) is 9.27. The van der Waals surface area contributed by atoms with Crippen molar-refractivity contribution in [2.24, 2.45) is 0 Å². The number of para-hydroxylation sites is 1. The molecule has 2 aromatic carbocycles. The molecule has 0 aliphatic carbocycles. The first-order chi connectivity index (χ1) is 12.4. The third-order valence-corrected chi connectivity index (χ3v) is 4.64. The second-order valence-corrected chi connectivity index (χ2v) is 6.82. The van der Waals surface area contributed by atoms with E-state index in [1.165, 1.54) is 29.0 Å². The molecule has 0 bridgehead atoms. The van der Waals surface area contributed by atoms with Crippen molar-refractivity contribution >= 4 is 29.3 Å². The van der Waals surface area contributed by atoms with E-state index >= 15 is 0 Å². The second kappa shape index (κ2) is 9.33. The fourth-order valence-electron chi connectivity index (χ4n) is 2.07. The zero-order chi connectivity index (χ0) is 19.1. The average molecular weight is 379 g/mol. The molecule has 0 unspecified atom stereocenters. The average Bonchev–Trinajstić information content (AvgIpc) is 2.59. The molecule has 2 aromatic rings. The van der Waals surface area contributed by atoms with Crippen LogP contribution in [0.5, 0.6) is 0 Å². The van der Waals surface area contributed by atoms with Gasteiger partial charge in [0.25, 0.3) is 5.91 Å². The summed E-state index contributed by atoms with van der Waals surface area (Å²) in [5.41, 5.74) is 1.82. The molecule has 2 rings (SSSR count). The minimum atomic E-state index is -0.894.